The van der Waals surface area contributed by atoms with Crippen molar-refractivity contribution in [3.05, 3.63) is 28.8 Å². The standard InChI is InChI=1S/C15H20ClN3O2/c1-15(2,3)12(18-14(17)21)13(20)19-8-7-9-10(16)5-4-6-11(9)19/h4-6,12H,7-8H2,1-3H3,(H3,17,18,21). The lowest BCUT2D eigenvalue weighted by molar-refractivity contribution is -0.122. The Balaban J connectivity index is 2.32. The van der Waals surface area contributed by atoms with Gasteiger partial charge in [0.1, 0.15) is 6.04 Å². The van der Waals surface area contributed by atoms with Gasteiger partial charge in [-0.3, -0.25) is 4.79 Å². The monoisotopic (exact) mass is 309 g/mol. The fraction of sp³-hybridized carbons (Fsp3) is 0.467. The molecule has 5 nitrogen and oxygen atoms in total. The highest BCUT2D eigenvalue weighted by Gasteiger charge is 2.38. The molecule has 0 saturated carbocycles. The molecule has 21 heavy (non-hydrogen) atoms. The molecule has 0 bridgehead atoms. The molecule has 0 radical (unpaired) electrons. The zero-order valence-electron chi connectivity index (χ0n) is 12.4. The Morgan fingerprint density at radius 1 is 1.38 bits per heavy atom. The Morgan fingerprint density at radius 2 is 2.05 bits per heavy atom. The molecule has 1 aliphatic heterocycles. The highest BCUT2D eigenvalue weighted by atomic mass is 35.5. The minimum atomic E-state index is -0.700. The Bertz CT molecular complexity index is 581. The van der Waals surface area contributed by atoms with Crippen molar-refractivity contribution in [3.8, 4) is 0 Å². The summed E-state index contributed by atoms with van der Waals surface area (Å²) in [5, 5.41) is 3.22. The van der Waals surface area contributed by atoms with Crippen molar-refractivity contribution in [3.63, 3.8) is 0 Å². The van der Waals surface area contributed by atoms with Crippen molar-refractivity contribution < 1.29 is 9.59 Å². The number of hydrogen-bond acceptors (Lipinski definition) is 2. The summed E-state index contributed by atoms with van der Waals surface area (Å²) in [5.41, 5.74) is 6.55. The molecule has 0 aromatic heterocycles. The fourth-order valence-electron chi connectivity index (χ4n) is 2.57. The third kappa shape index (κ3) is 3.13. The lowest BCUT2D eigenvalue weighted by atomic mass is 9.86. The van der Waals surface area contributed by atoms with E-state index in [-0.39, 0.29) is 5.91 Å². The van der Waals surface area contributed by atoms with Crippen LogP contribution in [0.15, 0.2) is 18.2 Å². The molecule has 114 valence electrons. The number of urea groups is 1. The molecule has 1 unspecified atom stereocenters. The minimum Gasteiger partial charge on any atom is -0.352 e. The van der Waals surface area contributed by atoms with Gasteiger partial charge in [0.25, 0.3) is 0 Å². The van der Waals surface area contributed by atoms with E-state index in [0.29, 0.717) is 18.0 Å². The summed E-state index contributed by atoms with van der Waals surface area (Å²) in [4.78, 5) is 25.7. The fourth-order valence-corrected chi connectivity index (χ4v) is 2.83. The Morgan fingerprint density at radius 3 is 2.62 bits per heavy atom. The van der Waals surface area contributed by atoms with Gasteiger partial charge in [-0.15, -0.1) is 0 Å². The van der Waals surface area contributed by atoms with E-state index in [1.165, 1.54) is 0 Å². The van der Waals surface area contributed by atoms with Gasteiger partial charge >= 0.3 is 6.03 Å². The molecular formula is C15H20ClN3O2. The molecule has 6 heteroatoms. The summed E-state index contributed by atoms with van der Waals surface area (Å²) in [6, 6.07) is 4.13. The summed E-state index contributed by atoms with van der Waals surface area (Å²) in [7, 11) is 0. The normalized spacial score (nSPS) is 15.5. The number of amides is 3. The van der Waals surface area contributed by atoms with Crippen molar-refractivity contribution in [2.75, 3.05) is 11.4 Å². The first-order valence-corrected chi connectivity index (χ1v) is 7.24. The van der Waals surface area contributed by atoms with Gasteiger partial charge in [0, 0.05) is 17.3 Å². The first-order chi connectivity index (χ1) is 9.71. The van der Waals surface area contributed by atoms with Crippen LogP contribution in [-0.4, -0.2) is 24.5 Å². The number of benzene rings is 1. The second-order valence-corrected chi connectivity index (χ2v) is 6.69. The molecule has 1 heterocycles. The number of hydrogen-bond donors (Lipinski definition) is 2. The summed E-state index contributed by atoms with van der Waals surface area (Å²) in [6.07, 6.45) is 0.716. The van der Waals surface area contributed by atoms with E-state index in [9.17, 15) is 9.59 Å². The van der Waals surface area contributed by atoms with E-state index >= 15 is 0 Å². The lowest BCUT2D eigenvalue weighted by Gasteiger charge is -2.33. The predicted octanol–water partition coefficient (Wildman–Crippen LogP) is 2.31. The van der Waals surface area contributed by atoms with Crippen LogP contribution in [0.4, 0.5) is 10.5 Å². The largest absolute Gasteiger partial charge is 0.352 e. The van der Waals surface area contributed by atoms with Gasteiger partial charge in [0.05, 0.1) is 0 Å². The van der Waals surface area contributed by atoms with E-state index < -0.39 is 17.5 Å². The number of carbonyl (C=O) groups is 2. The van der Waals surface area contributed by atoms with Crippen LogP contribution in [0.5, 0.6) is 0 Å². The molecule has 2 rings (SSSR count). The maximum Gasteiger partial charge on any atom is 0.312 e. The summed E-state index contributed by atoms with van der Waals surface area (Å²) < 4.78 is 0. The van der Waals surface area contributed by atoms with E-state index in [4.69, 9.17) is 17.3 Å². The first-order valence-electron chi connectivity index (χ1n) is 6.86. The van der Waals surface area contributed by atoms with Crippen molar-refractivity contribution in [2.24, 2.45) is 11.1 Å². The van der Waals surface area contributed by atoms with Gasteiger partial charge in [0.15, 0.2) is 0 Å². The molecule has 0 spiro atoms. The van der Waals surface area contributed by atoms with Crippen LogP contribution in [0.2, 0.25) is 5.02 Å². The number of halogens is 1. The number of carbonyl (C=O) groups excluding carboxylic acids is 2. The van der Waals surface area contributed by atoms with Crippen LogP contribution in [0.3, 0.4) is 0 Å². The summed E-state index contributed by atoms with van der Waals surface area (Å²) >= 11 is 6.17. The van der Waals surface area contributed by atoms with E-state index in [1.54, 1.807) is 4.90 Å². The van der Waals surface area contributed by atoms with Crippen LogP contribution in [0.25, 0.3) is 0 Å². The van der Waals surface area contributed by atoms with Crippen LogP contribution in [0, 0.1) is 5.41 Å². The van der Waals surface area contributed by atoms with E-state index in [2.05, 4.69) is 5.32 Å². The van der Waals surface area contributed by atoms with E-state index in [0.717, 1.165) is 11.3 Å². The molecule has 0 saturated heterocycles. The van der Waals surface area contributed by atoms with E-state index in [1.807, 2.05) is 39.0 Å². The average molecular weight is 310 g/mol. The molecule has 3 N–H and O–H groups in total. The Labute approximate surface area is 129 Å². The second-order valence-electron chi connectivity index (χ2n) is 6.29. The quantitative estimate of drug-likeness (QED) is 0.879. The Kier molecular flexibility index (Phi) is 4.14. The van der Waals surface area contributed by atoms with Gasteiger partial charge in [-0.1, -0.05) is 38.4 Å². The van der Waals surface area contributed by atoms with Crippen LogP contribution in [0.1, 0.15) is 26.3 Å². The van der Waals surface area contributed by atoms with Gasteiger partial charge in [-0.25, -0.2) is 4.79 Å². The number of nitrogens with zero attached hydrogens (tertiary/aromatic N) is 1. The molecule has 0 fully saturated rings. The minimum absolute atomic E-state index is 0.165. The second kappa shape index (κ2) is 5.56. The van der Waals surface area contributed by atoms with Crippen LogP contribution >= 0.6 is 11.6 Å². The molecular weight excluding hydrogens is 290 g/mol. The third-order valence-corrected chi connectivity index (χ3v) is 3.99. The number of rotatable bonds is 2. The molecule has 0 aliphatic carbocycles. The summed E-state index contributed by atoms with van der Waals surface area (Å²) in [6.45, 7) is 6.23. The first kappa shape index (κ1) is 15.6. The van der Waals surface area contributed by atoms with Gasteiger partial charge < -0.3 is 16.0 Å². The molecule has 1 aliphatic rings. The van der Waals surface area contributed by atoms with Crippen molar-refractivity contribution in [1.82, 2.24) is 5.32 Å². The van der Waals surface area contributed by atoms with Crippen LogP contribution < -0.4 is 16.0 Å². The number of nitrogens with one attached hydrogen (secondary N) is 1. The number of anilines is 1. The number of primary amides is 1. The van der Waals surface area contributed by atoms with Crippen LogP contribution in [-0.2, 0) is 11.2 Å². The highest BCUT2D eigenvalue weighted by Crippen LogP contribution is 2.35. The van der Waals surface area contributed by atoms with Gasteiger partial charge in [-0.05, 0) is 29.5 Å². The molecule has 1 aromatic carbocycles. The highest BCUT2D eigenvalue weighted by molar-refractivity contribution is 6.32. The molecule has 3 amide bonds. The van der Waals surface area contributed by atoms with Gasteiger partial charge in [-0.2, -0.15) is 0 Å². The zero-order chi connectivity index (χ0) is 15.8. The maximum atomic E-state index is 12.8. The number of fused-ring (bicyclic) bond motifs is 1. The smallest absolute Gasteiger partial charge is 0.312 e. The van der Waals surface area contributed by atoms with Crippen molar-refractivity contribution in [2.45, 2.75) is 33.2 Å². The third-order valence-electron chi connectivity index (χ3n) is 3.64. The zero-order valence-corrected chi connectivity index (χ0v) is 13.2. The lowest BCUT2D eigenvalue weighted by Crippen LogP contribution is -2.55. The van der Waals surface area contributed by atoms with Gasteiger partial charge in [0.2, 0.25) is 5.91 Å². The molecule has 1 aromatic rings. The molecule has 1 atom stereocenters. The SMILES string of the molecule is CC(C)(C)C(NC(N)=O)C(=O)N1CCc2c(Cl)cccc21. The van der Waals surface area contributed by atoms with Crippen molar-refractivity contribution >= 4 is 29.2 Å². The van der Waals surface area contributed by atoms with Crippen molar-refractivity contribution in [1.29, 1.82) is 0 Å². The predicted molar refractivity (Wildman–Crippen MR) is 83.5 cm³/mol. The average Bonchev–Trinajstić information content (AvgIpc) is 2.79. The maximum absolute atomic E-state index is 12.8. The topological polar surface area (TPSA) is 75.4 Å². The summed E-state index contributed by atoms with van der Waals surface area (Å²) in [5.74, 6) is -0.165. The number of nitrogens with two attached hydrogens (primary N) is 1. The Hall–Kier alpha value is -1.75.